The van der Waals surface area contributed by atoms with Gasteiger partial charge in [0.25, 0.3) is 0 Å². The van der Waals surface area contributed by atoms with E-state index in [9.17, 15) is 14.5 Å². The van der Waals surface area contributed by atoms with Gasteiger partial charge in [-0.3, -0.25) is 9.36 Å². The van der Waals surface area contributed by atoms with Crippen LogP contribution in [0.3, 0.4) is 0 Å². The summed E-state index contributed by atoms with van der Waals surface area (Å²) in [4.78, 5) is 11.4. The summed E-state index contributed by atoms with van der Waals surface area (Å²) < 4.78 is 22.8. The molecule has 0 saturated heterocycles. The van der Waals surface area contributed by atoms with Crippen molar-refractivity contribution in [2.45, 2.75) is 25.9 Å². The third-order valence-electron chi connectivity index (χ3n) is 2.56. The van der Waals surface area contributed by atoms with Crippen LogP contribution < -0.4 is 0 Å². The largest absolute Gasteiger partial charge is 0.481 e. The summed E-state index contributed by atoms with van der Waals surface area (Å²) in [5, 5.41) is 9.29. The SMILES string of the molecule is CCOP(=O)(OCC)[C@H](Cc1ccccc1)C(=O)O. The fourth-order valence-corrected chi connectivity index (χ4v) is 3.61. The molecule has 0 saturated carbocycles. The second-order valence-corrected chi connectivity index (χ2v) is 6.14. The average Bonchev–Trinajstić information content (AvgIpc) is 2.37. The number of aliphatic carboxylic acids is 1. The van der Waals surface area contributed by atoms with Crippen LogP contribution in [0.1, 0.15) is 19.4 Å². The van der Waals surface area contributed by atoms with E-state index in [1.165, 1.54) is 0 Å². The molecule has 0 aliphatic carbocycles. The zero-order chi connectivity index (χ0) is 14.3. The minimum atomic E-state index is -3.65. The molecule has 0 radical (unpaired) electrons. The minimum Gasteiger partial charge on any atom is -0.481 e. The molecule has 0 heterocycles. The highest BCUT2D eigenvalue weighted by Crippen LogP contribution is 2.54. The summed E-state index contributed by atoms with van der Waals surface area (Å²) in [5.41, 5.74) is -0.399. The van der Waals surface area contributed by atoms with Crippen molar-refractivity contribution in [1.29, 1.82) is 0 Å². The summed E-state index contributed by atoms with van der Waals surface area (Å²) in [6.45, 7) is 3.62. The first-order valence-corrected chi connectivity index (χ1v) is 7.80. The van der Waals surface area contributed by atoms with Gasteiger partial charge in [-0.05, 0) is 25.8 Å². The topological polar surface area (TPSA) is 72.8 Å². The van der Waals surface area contributed by atoms with Crippen molar-refractivity contribution in [1.82, 2.24) is 0 Å². The molecule has 1 N–H and O–H groups in total. The predicted molar refractivity (Wildman–Crippen MR) is 72.4 cm³/mol. The number of benzene rings is 1. The van der Waals surface area contributed by atoms with Gasteiger partial charge in [0.2, 0.25) is 0 Å². The molecule has 0 amide bonds. The molecule has 19 heavy (non-hydrogen) atoms. The van der Waals surface area contributed by atoms with Crippen LogP contribution in [0, 0.1) is 0 Å². The van der Waals surface area contributed by atoms with Crippen molar-refractivity contribution in [2.75, 3.05) is 13.2 Å². The van der Waals surface area contributed by atoms with Crippen molar-refractivity contribution in [2.24, 2.45) is 0 Å². The molecule has 1 aromatic carbocycles. The van der Waals surface area contributed by atoms with Crippen molar-refractivity contribution in [3.8, 4) is 0 Å². The molecule has 0 aliphatic rings. The van der Waals surface area contributed by atoms with Gasteiger partial charge in [0, 0.05) is 0 Å². The van der Waals surface area contributed by atoms with E-state index >= 15 is 0 Å². The van der Waals surface area contributed by atoms with Gasteiger partial charge in [-0.15, -0.1) is 0 Å². The lowest BCUT2D eigenvalue weighted by atomic mass is 10.1. The van der Waals surface area contributed by atoms with E-state index < -0.39 is 19.2 Å². The van der Waals surface area contributed by atoms with E-state index in [4.69, 9.17) is 9.05 Å². The third kappa shape index (κ3) is 4.46. The minimum absolute atomic E-state index is 0.119. The molecule has 0 aliphatic heterocycles. The highest BCUT2D eigenvalue weighted by atomic mass is 31.2. The van der Waals surface area contributed by atoms with Crippen LogP contribution in [0.15, 0.2) is 30.3 Å². The molecular formula is C13H19O5P. The van der Waals surface area contributed by atoms with E-state index in [1.54, 1.807) is 38.1 Å². The number of hydrogen-bond donors (Lipinski definition) is 1. The van der Waals surface area contributed by atoms with E-state index in [0.29, 0.717) is 0 Å². The lowest BCUT2D eigenvalue weighted by Crippen LogP contribution is -2.25. The lowest BCUT2D eigenvalue weighted by molar-refractivity contribution is -0.137. The maximum atomic E-state index is 12.5. The number of carboxylic acids is 1. The Morgan fingerprint density at radius 3 is 2.16 bits per heavy atom. The lowest BCUT2D eigenvalue weighted by Gasteiger charge is -2.23. The molecule has 0 bridgehead atoms. The Kier molecular flexibility index (Phi) is 6.22. The normalized spacial score (nSPS) is 13.2. The second kappa shape index (κ2) is 7.43. The molecule has 0 aromatic heterocycles. The molecule has 5 nitrogen and oxygen atoms in total. The van der Waals surface area contributed by atoms with Gasteiger partial charge >= 0.3 is 13.6 Å². The zero-order valence-corrected chi connectivity index (χ0v) is 12.0. The number of carbonyl (C=O) groups is 1. The van der Waals surface area contributed by atoms with Gasteiger partial charge in [-0.1, -0.05) is 30.3 Å². The number of hydrogen-bond acceptors (Lipinski definition) is 4. The van der Waals surface area contributed by atoms with E-state index in [1.807, 2.05) is 6.07 Å². The van der Waals surface area contributed by atoms with Gasteiger partial charge in [0.1, 0.15) is 0 Å². The summed E-state index contributed by atoms with van der Waals surface area (Å²) >= 11 is 0. The summed E-state index contributed by atoms with van der Waals surface area (Å²) in [5.74, 6) is -1.17. The third-order valence-corrected chi connectivity index (χ3v) is 4.96. The van der Waals surface area contributed by atoms with Crippen LogP contribution in [0.2, 0.25) is 0 Å². The molecule has 1 atom stereocenters. The van der Waals surface area contributed by atoms with Gasteiger partial charge in [-0.25, -0.2) is 0 Å². The van der Waals surface area contributed by atoms with Crippen molar-refractivity contribution in [3.63, 3.8) is 0 Å². The predicted octanol–water partition coefficient (Wildman–Crippen LogP) is 2.95. The Labute approximate surface area is 113 Å². The van der Waals surface area contributed by atoms with Gasteiger partial charge < -0.3 is 14.2 Å². The van der Waals surface area contributed by atoms with Crippen molar-refractivity contribution >= 4 is 13.6 Å². The summed E-state index contributed by atoms with van der Waals surface area (Å²) in [6, 6.07) is 9.03. The van der Waals surface area contributed by atoms with E-state index in [-0.39, 0.29) is 19.6 Å². The molecule has 6 heteroatoms. The molecule has 0 fully saturated rings. The Morgan fingerprint density at radius 2 is 1.74 bits per heavy atom. The second-order valence-electron chi connectivity index (χ2n) is 3.92. The number of rotatable bonds is 8. The molecule has 1 aromatic rings. The Morgan fingerprint density at radius 1 is 1.21 bits per heavy atom. The van der Waals surface area contributed by atoms with Crippen LogP contribution in [0.25, 0.3) is 0 Å². The molecule has 0 spiro atoms. The molecule has 1 rings (SSSR count). The molecule has 0 unspecified atom stereocenters. The molecular weight excluding hydrogens is 267 g/mol. The van der Waals surface area contributed by atoms with Gasteiger partial charge in [-0.2, -0.15) is 0 Å². The van der Waals surface area contributed by atoms with Crippen LogP contribution in [0.4, 0.5) is 0 Å². The average molecular weight is 286 g/mol. The standard InChI is InChI=1S/C13H19O5P/c1-3-17-19(16,18-4-2)12(13(14)15)10-11-8-6-5-7-9-11/h5-9,12H,3-4,10H2,1-2H3,(H,14,15)/t12-/m1/s1. The Balaban J connectivity index is 2.98. The maximum Gasteiger partial charge on any atom is 0.345 e. The van der Waals surface area contributed by atoms with Crippen molar-refractivity contribution < 1.29 is 23.5 Å². The zero-order valence-electron chi connectivity index (χ0n) is 11.1. The Hall–Kier alpha value is -1.16. The van der Waals surface area contributed by atoms with Gasteiger partial charge in [0.05, 0.1) is 13.2 Å². The van der Waals surface area contributed by atoms with Crippen LogP contribution in [-0.4, -0.2) is 29.9 Å². The Bertz CT molecular complexity index is 436. The van der Waals surface area contributed by atoms with Crippen LogP contribution in [0.5, 0.6) is 0 Å². The highest BCUT2D eigenvalue weighted by Gasteiger charge is 2.41. The fourth-order valence-electron chi connectivity index (χ4n) is 1.75. The smallest absolute Gasteiger partial charge is 0.345 e. The van der Waals surface area contributed by atoms with Crippen molar-refractivity contribution in [3.05, 3.63) is 35.9 Å². The first-order valence-electron chi connectivity index (χ1n) is 6.19. The highest BCUT2D eigenvalue weighted by molar-refractivity contribution is 7.55. The maximum absolute atomic E-state index is 12.5. The quantitative estimate of drug-likeness (QED) is 0.744. The summed E-state index contributed by atoms with van der Waals surface area (Å²) in [7, 11) is -3.65. The first-order chi connectivity index (χ1) is 9.03. The fraction of sp³-hybridized carbons (Fsp3) is 0.462. The number of carboxylic acid groups (broad SMARTS) is 1. The van der Waals surface area contributed by atoms with E-state index in [2.05, 4.69) is 0 Å². The molecule has 106 valence electrons. The summed E-state index contributed by atoms with van der Waals surface area (Å²) in [6.07, 6.45) is 0.119. The van der Waals surface area contributed by atoms with Crippen LogP contribution in [-0.2, 0) is 24.8 Å². The van der Waals surface area contributed by atoms with E-state index in [0.717, 1.165) is 5.56 Å². The first kappa shape index (κ1) is 15.9. The van der Waals surface area contributed by atoms with Gasteiger partial charge in [0.15, 0.2) is 5.66 Å². The van der Waals surface area contributed by atoms with Crippen LogP contribution >= 0.6 is 7.60 Å². The monoisotopic (exact) mass is 286 g/mol.